The van der Waals surface area contributed by atoms with Crippen molar-refractivity contribution in [1.82, 2.24) is 0 Å². The van der Waals surface area contributed by atoms with Crippen LogP contribution in [0.25, 0.3) is 0 Å². The summed E-state index contributed by atoms with van der Waals surface area (Å²) in [6.07, 6.45) is 0.710. The van der Waals surface area contributed by atoms with Crippen molar-refractivity contribution in [3.63, 3.8) is 0 Å². The summed E-state index contributed by atoms with van der Waals surface area (Å²) in [6, 6.07) is 5.46. The molecule has 1 aromatic rings. The number of nitrogens with zero attached hydrogens (tertiary/aromatic N) is 1. The van der Waals surface area contributed by atoms with E-state index in [-0.39, 0.29) is 18.2 Å². The fraction of sp³-hybridized carbons (Fsp3) is 0.385. The van der Waals surface area contributed by atoms with Gasteiger partial charge in [0.25, 0.3) is 0 Å². The SMILES string of the molecule is CC(=O)N1CC(CC(=O)O)Cc2cccc(Cl)c21. The van der Waals surface area contributed by atoms with Gasteiger partial charge in [0.05, 0.1) is 17.1 Å². The van der Waals surface area contributed by atoms with Gasteiger partial charge in [-0.05, 0) is 24.0 Å². The van der Waals surface area contributed by atoms with Crippen LogP contribution in [0.4, 0.5) is 5.69 Å². The Labute approximate surface area is 110 Å². The average molecular weight is 268 g/mol. The Morgan fingerprint density at radius 3 is 2.83 bits per heavy atom. The van der Waals surface area contributed by atoms with Gasteiger partial charge >= 0.3 is 5.97 Å². The monoisotopic (exact) mass is 267 g/mol. The van der Waals surface area contributed by atoms with Crippen molar-refractivity contribution >= 4 is 29.2 Å². The largest absolute Gasteiger partial charge is 0.481 e. The fourth-order valence-electron chi connectivity index (χ4n) is 2.42. The minimum Gasteiger partial charge on any atom is -0.481 e. The number of amides is 1. The Bertz CT molecular complexity index is 501. The van der Waals surface area contributed by atoms with E-state index in [1.54, 1.807) is 11.0 Å². The summed E-state index contributed by atoms with van der Waals surface area (Å²) in [7, 11) is 0. The van der Waals surface area contributed by atoms with Crippen LogP contribution in [0.5, 0.6) is 0 Å². The molecular weight excluding hydrogens is 254 g/mol. The third kappa shape index (κ3) is 2.48. The number of hydrogen-bond acceptors (Lipinski definition) is 2. The zero-order valence-corrected chi connectivity index (χ0v) is 10.8. The minimum absolute atomic E-state index is 0.0580. The van der Waals surface area contributed by atoms with Crippen LogP contribution >= 0.6 is 11.6 Å². The average Bonchev–Trinajstić information content (AvgIpc) is 2.27. The van der Waals surface area contributed by atoms with E-state index in [0.717, 1.165) is 11.3 Å². The lowest BCUT2D eigenvalue weighted by atomic mass is 9.90. The second-order valence-corrected chi connectivity index (χ2v) is 4.95. The highest BCUT2D eigenvalue weighted by Crippen LogP contribution is 2.36. The second-order valence-electron chi connectivity index (χ2n) is 4.55. The molecule has 0 fully saturated rings. The van der Waals surface area contributed by atoms with E-state index < -0.39 is 5.97 Å². The number of rotatable bonds is 2. The van der Waals surface area contributed by atoms with Gasteiger partial charge in [-0.25, -0.2) is 0 Å². The number of carboxylic acids is 1. The van der Waals surface area contributed by atoms with Gasteiger partial charge < -0.3 is 10.0 Å². The first-order valence-electron chi connectivity index (χ1n) is 5.76. The molecule has 0 bridgehead atoms. The molecule has 0 saturated heterocycles. The molecule has 1 unspecified atom stereocenters. The second kappa shape index (κ2) is 4.98. The molecule has 1 atom stereocenters. The Hall–Kier alpha value is -1.55. The lowest BCUT2D eigenvalue weighted by molar-refractivity contribution is -0.138. The zero-order valence-electron chi connectivity index (χ0n) is 10.0. The number of aliphatic carboxylic acids is 1. The van der Waals surface area contributed by atoms with Crippen LogP contribution < -0.4 is 4.90 Å². The van der Waals surface area contributed by atoms with Crippen LogP contribution in [0.3, 0.4) is 0 Å². The number of anilines is 1. The van der Waals surface area contributed by atoms with Gasteiger partial charge in [0.2, 0.25) is 5.91 Å². The Kier molecular flexibility index (Phi) is 3.57. The maximum absolute atomic E-state index is 11.7. The predicted molar refractivity (Wildman–Crippen MR) is 68.9 cm³/mol. The topological polar surface area (TPSA) is 57.6 Å². The van der Waals surface area contributed by atoms with E-state index in [1.807, 2.05) is 12.1 Å². The van der Waals surface area contributed by atoms with Crippen molar-refractivity contribution in [3.8, 4) is 0 Å². The first-order valence-corrected chi connectivity index (χ1v) is 6.14. The van der Waals surface area contributed by atoms with E-state index in [1.165, 1.54) is 6.92 Å². The third-order valence-electron chi connectivity index (χ3n) is 3.13. The molecule has 96 valence electrons. The number of benzene rings is 1. The van der Waals surface area contributed by atoms with Crippen molar-refractivity contribution in [2.45, 2.75) is 19.8 Å². The summed E-state index contributed by atoms with van der Waals surface area (Å²) in [5.41, 5.74) is 1.67. The van der Waals surface area contributed by atoms with Crippen LogP contribution in [0, 0.1) is 5.92 Å². The van der Waals surface area contributed by atoms with Crippen molar-refractivity contribution in [2.75, 3.05) is 11.4 Å². The maximum Gasteiger partial charge on any atom is 0.303 e. The van der Waals surface area contributed by atoms with E-state index in [9.17, 15) is 9.59 Å². The smallest absolute Gasteiger partial charge is 0.303 e. The normalized spacial score (nSPS) is 18.3. The highest BCUT2D eigenvalue weighted by atomic mass is 35.5. The van der Waals surface area contributed by atoms with Crippen LogP contribution in [0.2, 0.25) is 5.02 Å². The van der Waals surface area contributed by atoms with Gasteiger partial charge in [0, 0.05) is 13.5 Å². The standard InChI is InChI=1S/C13H14ClNO3/c1-8(16)15-7-9(6-12(17)18)5-10-3-2-4-11(14)13(10)15/h2-4,9H,5-7H2,1H3,(H,17,18). The maximum atomic E-state index is 11.7. The van der Waals surface area contributed by atoms with Crippen molar-refractivity contribution < 1.29 is 14.7 Å². The van der Waals surface area contributed by atoms with Crippen molar-refractivity contribution in [1.29, 1.82) is 0 Å². The van der Waals surface area contributed by atoms with Gasteiger partial charge in [0.1, 0.15) is 0 Å². The van der Waals surface area contributed by atoms with Gasteiger partial charge in [-0.1, -0.05) is 23.7 Å². The third-order valence-corrected chi connectivity index (χ3v) is 3.44. The number of carboxylic acid groups (broad SMARTS) is 1. The molecule has 1 aliphatic rings. The van der Waals surface area contributed by atoms with Gasteiger partial charge in [-0.15, -0.1) is 0 Å². The molecule has 0 aromatic heterocycles. The van der Waals surface area contributed by atoms with Crippen LogP contribution in [-0.4, -0.2) is 23.5 Å². The zero-order chi connectivity index (χ0) is 13.3. The van der Waals surface area contributed by atoms with E-state index in [4.69, 9.17) is 16.7 Å². The van der Waals surface area contributed by atoms with Crippen LogP contribution in [-0.2, 0) is 16.0 Å². The molecule has 1 amide bonds. The predicted octanol–water partition coefficient (Wildman–Crippen LogP) is 2.34. The number of para-hydroxylation sites is 1. The Balaban J connectivity index is 2.37. The lowest BCUT2D eigenvalue weighted by Gasteiger charge is -2.34. The molecule has 18 heavy (non-hydrogen) atoms. The number of carbonyl (C=O) groups excluding carboxylic acids is 1. The van der Waals surface area contributed by atoms with Crippen LogP contribution in [0.1, 0.15) is 18.9 Å². The molecule has 5 heteroatoms. The molecule has 0 spiro atoms. The molecule has 1 aliphatic heterocycles. The van der Waals surface area contributed by atoms with E-state index in [2.05, 4.69) is 0 Å². The number of carbonyl (C=O) groups is 2. The highest BCUT2D eigenvalue weighted by Gasteiger charge is 2.29. The lowest BCUT2D eigenvalue weighted by Crippen LogP contribution is -2.39. The quantitative estimate of drug-likeness (QED) is 0.895. The first-order chi connectivity index (χ1) is 8.49. The Morgan fingerprint density at radius 1 is 1.50 bits per heavy atom. The summed E-state index contributed by atoms with van der Waals surface area (Å²) < 4.78 is 0. The van der Waals surface area contributed by atoms with Crippen molar-refractivity contribution in [2.24, 2.45) is 5.92 Å². The van der Waals surface area contributed by atoms with Crippen molar-refractivity contribution in [3.05, 3.63) is 28.8 Å². The molecule has 2 rings (SSSR count). The minimum atomic E-state index is -0.839. The highest BCUT2D eigenvalue weighted by molar-refractivity contribution is 6.34. The summed E-state index contributed by atoms with van der Waals surface area (Å²) >= 11 is 6.12. The van der Waals surface area contributed by atoms with Gasteiger partial charge in [-0.2, -0.15) is 0 Å². The summed E-state index contributed by atoms with van der Waals surface area (Å²) in [6.45, 7) is 1.88. The molecule has 0 radical (unpaired) electrons. The Morgan fingerprint density at radius 2 is 2.22 bits per heavy atom. The van der Waals surface area contributed by atoms with Gasteiger partial charge in [-0.3, -0.25) is 9.59 Å². The van der Waals surface area contributed by atoms with E-state index in [0.29, 0.717) is 18.0 Å². The summed E-state index contributed by atoms with van der Waals surface area (Å²) in [4.78, 5) is 24.0. The molecule has 1 aromatic carbocycles. The molecule has 4 nitrogen and oxygen atoms in total. The summed E-state index contributed by atoms with van der Waals surface area (Å²) in [5, 5.41) is 9.40. The molecule has 0 saturated carbocycles. The molecule has 1 N–H and O–H groups in total. The molecule has 0 aliphatic carbocycles. The van der Waals surface area contributed by atoms with E-state index >= 15 is 0 Å². The number of hydrogen-bond donors (Lipinski definition) is 1. The summed E-state index contributed by atoms with van der Waals surface area (Å²) in [5.74, 6) is -1.01. The fourth-order valence-corrected chi connectivity index (χ4v) is 2.72. The first kappa shape index (κ1) is 12.9. The van der Waals surface area contributed by atoms with Crippen LogP contribution in [0.15, 0.2) is 18.2 Å². The van der Waals surface area contributed by atoms with Gasteiger partial charge in [0.15, 0.2) is 0 Å². The molecule has 1 heterocycles. The number of fused-ring (bicyclic) bond motifs is 1. The molecular formula is C13H14ClNO3. The number of halogens is 1.